The third-order valence-corrected chi connectivity index (χ3v) is 6.22. The molecule has 0 spiro atoms. The van der Waals surface area contributed by atoms with Crippen molar-refractivity contribution in [1.82, 2.24) is 0 Å². The van der Waals surface area contributed by atoms with Crippen LogP contribution in [0.15, 0.2) is 71.6 Å². The molecule has 1 aliphatic rings. The molecule has 1 aliphatic heterocycles. The van der Waals surface area contributed by atoms with Gasteiger partial charge in [-0.3, -0.25) is 13.9 Å². The van der Waals surface area contributed by atoms with Gasteiger partial charge in [0.25, 0.3) is 10.0 Å². The number of benzene rings is 3. The second-order valence-corrected chi connectivity index (χ2v) is 7.92. The highest BCUT2D eigenvalue weighted by Crippen LogP contribution is 2.41. The molecule has 4 rings (SSSR count). The normalized spacial score (nSPS) is 14.3. The number of carbonyl (C=O) groups excluding carboxylic acids is 2. The van der Waals surface area contributed by atoms with Crippen molar-refractivity contribution in [1.29, 1.82) is 0 Å². The molecule has 0 unspecified atom stereocenters. The van der Waals surface area contributed by atoms with Crippen LogP contribution in [0, 0.1) is 0 Å². The Morgan fingerprint density at radius 1 is 0.889 bits per heavy atom. The first kappa shape index (κ1) is 17.2. The molecule has 0 saturated heterocycles. The van der Waals surface area contributed by atoms with E-state index in [1.54, 1.807) is 48.5 Å². The van der Waals surface area contributed by atoms with Crippen LogP contribution in [0.3, 0.4) is 0 Å². The van der Waals surface area contributed by atoms with Gasteiger partial charge >= 0.3 is 5.97 Å². The van der Waals surface area contributed by atoms with Gasteiger partial charge in [0.15, 0.2) is 12.4 Å². The Balaban J connectivity index is 1.52. The van der Waals surface area contributed by atoms with Gasteiger partial charge in [0.05, 0.1) is 10.6 Å². The molecule has 0 N–H and O–H groups in total. The molecular weight excluding hydrogens is 366 g/mol. The van der Waals surface area contributed by atoms with E-state index in [2.05, 4.69) is 0 Å². The Labute approximate surface area is 156 Å². The van der Waals surface area contributed by atoms with Gasteiger partial charge in [-0.1, -0.05) is 54.6 Å². The largest absolute Gasteiger partial charge is 0.456 e. The summed E-state index contributed by atoms with van der Waals surface area (Å²) in [6.45, 7) is -0.925. The van der Waals surface area contributed by atoms with Crippen LogP contribution in [0.4, 0.5) is 5.69 Å². The summed E-state index contributed by atoms with van der Waals surface area (Å²) < 4.78 is 31.7. The van der Waals surface area contributed by atoms with E-state index in [9.17, 15) is 18.0 Å². The Hall–Kier alpha value is -3.19. The van der Waals surface area contributed by atoms with Crippen molar-refractivity contribution in [3.8, 4) is 0 Å². The van der Waals surface area contributed by atoms with Gasteiger partial charge in [-0.05, 0) is 17.5 Å². The molecule has 0 amide bonds. The van der Waals surface area contributed by atoms with Crippen molar-refractivity contribution >= 4 is 38.2 Å². The average Bonchev–Trinajstić information content (AvgIpc) is 2.90. The highest BCUT2D eigenvalue weighted by molar-refractivity contribution is 7.93. The molecule has 1 heterocycles. The number of sulfonamides is 1. The van der Waals surface area contributed by atoms with E-state index in [1.807, 2.05) is 12.1 Å². The number of esters is 1. The number of ketones is 1. The SMILES string of the molecule is O=C(CN1c2cccc3cccc(c23)S1(=O)=O)OCC(=O)c1ccccc1. The molecule has 6 nitrogen and oxygen atoms in total. The Morgan fingerprint density at radius 3 is 2.33 bits per heavy atom. The van der Waals surface area contributed by atoms with E-state index in [-0.39, 0.29) is 10.7 Å². The molecule has 27 heavy (non-hydrogen) atoms. The summed E-state index contributed by atoms with van der Waals surface area (Å²) in [5, 5.41) is 1.37. The number of nitrogens with zero attached hydrogens (tertiary/aromatic N) is 1. The third-order valence-electron chi connectivity index (χ3n) is 4.41. The first-order valence-corrected chi connectivity index (χ1v) is 9.71. The fraction of sp³-hybridized carbons (Fsp3) is 0.100. The zero-order valence-corrected chi connectivity index (χ0v) is 15.0. The van der Waals surface area contributed by atoms with Gasteiger partial charge in [0, 0.05) is 10.9 Å². The number of ether oxygens (including phenoxy) is 1. The topological polar surface area (TPSA) is 80.8 Å². The zero-order chi connectivity index (χ0) is 19.0. The summed E-state index contributed by atoms with van der Waals surface area (Å²) in [6.07, 6.45) is 0. The fourth-order valence-corrected chi connectivity index (χ4v) is 4.80. The van der Waals surface area contributed by atoms with Crippen molar-refractivity contribution in [3.63, 3.8) is 0 Å². The van der Waals surface area contributed by atoms with Gasteiger partial charge in [-0.25, -0.2) is 8.42 Å². The van der Waals surface area contributed by atoms with Crippen LogP contribution in [0.2, 0.25) is 0 Å². The minimum absolute atomic E-state index is 0.170. The number of hydrogen-bond acceptors (Lipinski definition) is 5. The molecule has 7 heteroatoms. The second kappa shape index (κ2) is 6.51. The van der Waals surface area contributed by atoms with E-state index >= 15 is 0 Å². The molecule has 3 aromatic rings. The minimum Gasteiger partial charge on any atom is -0.456 e. The van der Waals surface area contributed by atoms with Gasteiger partial charge < -0.3 is 4.74 Å². The highest BCUT2D eigenvalue weighted by atomic mass is 32.2. The Morgan fingerprint density at radius 2 is 1.59 bits per heavy atom. The molecule has 136 valence electrons. The predicted molar refractivity (Wildman–Crippen MR) is 100 cm³/mol. The lowest BCUT2D eigenvalue weighted by atomic mass is 10.1. The maximum absolute atomic E-state index is 12.8. The molecule has 3 aromatic carbocycles. The van der Waals surface area contributed by atoms with Gasteiger partial charge in [0.1, 0.15) is 6.54 Å². The number of anilines is 1. The highest BCUT2D eigenvalue weighted by Gasteiger charge is 2.37. The smallest absolute Gasteiger partial charge is 0.327 e. The van der Waals surface area contributed by atoms with Crippen LogP contribution < -0.4 is 4.31 Å². The van der Waals surface area contributed by atoms with E-state index in [0.717, 1.165) is 9.69 Å². The fourth-order valence-electron chi connectivity index (χ4n) is 3.14. The van der Waals surface area contributed by atoms with Crippen molar-refractivity contribution in [2.45, 2.75) is 4.90 Å². The molecule has 0 bridgehead atoms. The first-order chi connectivity index (χ1) is 13.0. The molecule has 0 aliphatic carbocycles. The molecule has 0 radical (unpaired) electrons. The summed E-state index contributed by atoms with van der Waals surface area (Å²) >= 11 is 0. The molecule has 0 saturated carbocycles. The number of hydrogen-bond donors (Lipinski definition) is 0. The minimum atomic E-state index is -3.84. The number of Topliss-reactive ketones (excluding diaryl/α,β-unsaturated/α-hetero) is 1. The van der Waals surface area contributed by atoms with Gasteiger partial charge in [-0.2, -0.15) is 0 Å². The lowest BCUT2D eigenvalue weighted by Gasteiger charge is -2.17. The monoisotopic (exact) mass is 381 g/mol. The molecule has 0 atom stereocenters. The second-order valence-electron chi connectivity index (χ2n) is 6.09. The van der Waals surface area contributed by atoms with E-state index < -0.39 is 29.1 Å². The molecule has 0 fully saturated rings. The summed E-state index contributed by atoms with van der Waals surface area (Å²) in [7, 11) is -3.84. The number of rotatable bonds is 5. The van der Waals surface area contributed by atoms with Crippen molar-refractivity contribution in [2.75, 3.05) is 17.5 Å². The summed E-state index contributed by atoms with van der Waals surface area (Å²) in [5.74, 6) is -1.13. The zero-order valence-electron chi connectivity index (χ0n) is 14.2. The van der Waals surface area contributed by atoms with E-state index in [4.69, 9.17) is 4.74 Å². The summed E-state index contributed by atoms with van der Waals surface area (Å²) in [5.41, 5.74) is 0.866. The predicted octanol–water partition coefficient (Wildman–Crippen LogP) is 2.77. The van der Waals surface area contributed by atoms with Crippen LogP contribution in [-0.4, -0.2) is 33.3 Å². The summed E-state index contributed by atoms with van der Waals surface area (Å²) in [6, 6.07) is 18.7. The maximum atomic E-state index is 12.8. The van der Waals surface area contributed by atoms with E-state index in [0.29, 0.717) is 16.6 Å². The van der Waals surface area contributed by atoms with Crippen LogP contribution in [0.5, 0.6) is 0 Å². The lowest BCUT2D eigenvalue weighted by Crippen LogP contribution is -2.34. The van der Waals surface area contributed by atoms with Crippen molar-refractivity contribution < 1.29 is 22.7 Å². The van der Waals surface area contributed by atoms with E-state index in [1.165, 1.54) is 6.07 Å². The van der Waals surface area contributed by atoms with Gasteiger partial charge in [0.2, 0.25) is 0 Å². The standard InChI is InChI=1S/C20H15NO5S/c22-17(14-6-2-1-3-7-14)13-26-19(23)12-21-16-10-4-8-15-9-5-11-18(20(15)16)27(21,24)25/h1-11H,12-13H2. The maximum Gasteiger partial charge on any atom is 0.327 e. The molecule has 0 aromatic heterocycles. The average molecular weight is 381 g/mol. The lowest BCUT2D eigenvalue weighted by molar-refractivity contribution is -0.140. The Bertz CT molecular complexity index is 1150. The van der Waals surface area contributed by atoms with Crippen LogP contribution in [0.1, 0.15) is 10.4 Å². The Kier molecular flexibility index (Phi) is 4.16. The van der Waals surface area contributed by atoms with Gasteiger partial charge in [-0.15, -0.1) is 0 Å². The van der Waals surface area contributed by atoms with Crippen molar-refractivity contribution in [2.24, 2.45) is 0 Å². The summed E-state index contributed by atoms with van der Waals surface area (Å²) in [4.78, 5) is 24.4. The van der Waals surface area contributed by atoms with Crippen LogP contribution >= 0.6 is 0 Å². The third kappa shape index (κ3) is 2.96. The first-order valence-electron chi connectivity index (χ1n) is 8.27. The van der Waals surface area contributed by atoms with Crippen LogP contribution in [-0.2, 0) is 19.6 Å². The van der Waals surface area contributed by atoms with Crippen LogP contribution in [0.25, 0.3) is 10.8 Å². The molecular formula is C20H15NO5S. The number of carbonyl (C=O) groups is 2. The quantitative estimate of drug-likeness (QED) is 0.501. The van der Waals surface area contributed by atoms with Crippen molar-refractivity contribution in [3.05, 3.63) is 72.3 Å².